The van der Waals surface area contributed by atoms with Crippen molar-refractivity contribution in [3.63, 3.8) is 0 Å². The van der Waals surface area contributed by atoms with Crippen LogP contribution in [0.2, 0.25) is 0 Å². The number of imide groups is 1. The molecular weight excluding hydrogens is 208 g/mol. The van der Waals surface area contributed by atoms with Gasteiger partial charge in [0.25, 0.3) is 0 Å². The third-order valence-corrected chi connectivity index (χ3v) is 3.30. The van der Waals surface area contributed by atoms with Gasteiger partial charge in [-0.25, -0.2) is 4.79 Å². The molecule has 90 valence electrons. The van der Waals surface area contributed by atoms with Crippen molar-refractivity contribution in [1.82, 2.24) is 9.80 Å². The highest BCUT2D eigenvalue weighted by Gasteiger charge is 2.41. The van der Waals surface area contributed by atoms with Crippen molar-refractivity contribution in [1.29, 1.82) is 0 Å². The number of rotatable bonds is 3. The number of hydrogen-bond acceptors (Lipinski definition) is 3. The van der Waals surface area contributed by atoms with E-state index in [4.69, 9.17) is 4.74 Å². The lowest BCUT2D eigenvalue weighted by Gasteiger charge is -2.27. The zero-order valence-corrected chi connectivity index (χ0v) is 9.86. The molecule has 0 aliphatic carbocycles. The Balaban J connectivity index is 2.04. The van der Waals surface area contributed by atoms with Crippen molar-refractivity contribution in [3.05, 3.63) is 0 Å². The van der Waals surface area contributed by atoms with Crippen molar-refractivity contribution in [3.8, 4) is 0 Å². The van der Waals surface area contributed by atoms with E-state index in [1.165, 1.54) is 4.90 Å². The summed E-state index contributed by atoms with van der Waals surface area (Å²) in [6.45, 7) is 5.76. The van der Waals surface area contributed by atoms with E-state index >= 15 is 0 Å². The lowest BCUT2D eigenvalue weighted by Crippen LogP contribution is -2.44. The minimum absolute atomic E-state index is 0.108. The summed E-state index contributed by atoms with van der Waals surface area (Å²) in [6.07, 6.45) is 1.92. The van der Waals surface area contributed by atoms with Crippen molar-refractivity contribution in [2.24, 2.45) is 0 Å². The molecular formula is C11H18N2O3. The minimum atomic E-state index is -0.338. The number of likely N-dealkylation sites (N-methyl/N-ethyl adjacent to an activating group) is 1. The number of carbonyl (C=O) groups is 2. The first-order valence-corrected chi connectivity index (χ1v) is 5.79. The third-order valence-electron chi connectivity index (χ3n) is 3.30. The van der Waals surface area contributed by atoms with Crippen molar-refractivity contribution in [2.45, 2.75) is 32.3 Å². The second-order valence-electron chi connectivity index (χ2n) is 4.68. The minimum Gasteiger partial charge on any atom is -0.373 e. The van der Waals surface area contributed by atoms with E-state index in [1.807, 2.05) is 13.8 Å². The maximum absolute atomic E-state index is 11.9. The van der Waals surface area contributed by atoms with Crippen molar-refractivity contribution in [2.75, 3.05) is 26.2 Å². The molecule has 2 heterocycles. The Morgan fingerprint density at radius 3 is 2.69 bits per heavy atom. The fraction of sp³-hybridized carbons (Fsp3) is 0.818. The van der Waals surface area contributed by atoms with Crippen LogP contribution in [0, 0.1) is 0 Å². The molecule has 1 unspecified atom stereocenters. The fourth-order valence-electron chi connectivity index (χ4n) is 2.29. The van der Waals surface area contributed by atoms with Gasteiger partial charge in [0.2, 0.25) is 5.91 Å². The molecule has 0 aromatic rings. The number of nitrogens with zero attached hydrogens (tertiary/aromatic N) is 2. The first-order valence-electron chi connectivity index (χ1n) is 5.79. The van der Waals surface area contributed by atoms with E-state index in [1.54, 1.807) is 4.90 Å². The summed E-state index contributed by atoms with van der Waals surface area (Å²) in [5.41, 5.74) is -0.338. The Morgan fingerprint density at radius 1 is 1.44 bits per heavy atom. The predicted molar refractivity (Wildman–Crippen MR) is 57.9 cm³/mol. The van der Waals surface area contributed by atoms with Crippen LogP contribution in [-0.2, 0) is 9.53 Å². The number of amides is 3. The predicted octanol–water partition coefficient (Wildman–Crippen LogP) is 0.840. The normalized spacial score (nSPS) is 30.6. The molecule has 0 aromatic heterocycles. The van der Waals surface area contributed by atoms with E-state index < -0.39 is 0 Å². The molecule has 0 radical (unpaired) electrons. The Bertz CT molecular complexity index is 310. The van der Waals surface area contributed by atoms with Gasteiger partial charge in [0.15, 0.2) is 0 Å². The van der Waals surface area contributed by atoms with Gasteiger partial charge in [-0.1, -0.05) is 0 Å². The Labute approximate surface area is 95.3 Å². The summed E-state index contributed by atoms with van der Waals surface area (Å²) in [4.78, 5) is 26.4. The first-order chi connectivity index (χ1) is 7.56. The van der Waals surface area contributed by atoms with Gasteiger partial charge in [0.1, 0.15) is 6.54 Å². The largest absolute Gasteiger partial charge is 0.373 e. The molecule has 2 aliphatic rings. The van der Waals surface area contributed by atoms with Gasteiger partial charge in [-0.05, 0) is 26.7 Å². The van der Waals surface area contributed by atoms with Crippen LogP contribution in [0.3, 0.4) is 0 Å². The van der Waals surface area contributed by atoms with Crippen molar-refractivity contribution < 1.29 is 14.3 Å². The molecule has 0 spiro atoms. The van der Waals surface area contributed by atoms with Crippen LogP contribution in [0.25, 0.3) is 0 Å². The maximum atomic E-state index is 11.9. The molecule has 1 atom stereocenters. The lowest BCUT2D eigenvalue weighted by atomic mass is 10.0. The fourth-order valence-corrected chi connectivity index (χ4v) is 2.29. The smallest absolute Gasteiger partial charge is 0.327 e. The van der Waals surface area contributed by atoms with E-state index in [9.17, 15) is 9.59 Å². The van der Waals surface area contributed by atoms with Crippen LogP contribution < -0.4 is 0 Å². The zero-order chi connectivity index (χ0) is 11.8. The molecule has 16 heavy (non-hydrogen) atoms. The number of ether oxygens (including phenoxy) is 1. The van der Waals surface area contributed by atoms with Gasteiger partial charge in [-0.15, -0.1) is 0 Å². The molecule has 2 aliphatic heterocycles. The van der Waals surface area contributed by atoms with Gasteiger partial charge >= 0.3 is 6.03 Å². The van der Waals surface area contributed by atoms with E-state index in [0.29, 0.717) is 13.1 Å². The van der Waals surface area contributed by atoms with Crippen LogP contribution in [0.1, 0.15) is 26.7 Å². The molecule has 0 saturated carbocycles. The monoisotopic (exact) mass is 226 g/mol. The topological polar surface area (TPSA) is 49.9 Å². The summed E-state index contributed by atoms with van der Waals surface area (Å²) < 4.78 is 5.60. The van der Waals surface area contributed by atoms with E-state index in [0.717, 1.165) is 19.4 Å². The third kappa shape index (κ3) is 1.91. The van der Waals surface area contributed by atoms with Gasteiger partial charge < -0.3 is 9.64 Å². The van der Waals surface area contributed by atoms with Gasteiger partial charge in [0, 0.05) is 13.2 Å². The van der Waals surface area contributed by atoms with E-state index in [-0.39, 0.29) is 24.1 Å². The second kappa shape index (κ2) is 4.05. The molecule has 3 amide bonds. The summed E-state index contributed by atoms with van der Waals surface area (Å²) in [5.74, 6) is -0.108. The molecule has 5 heteroatoms. The van der Waals surface area contributed by atoms with Crippen LogP contribution in [0.5, 0.6) is 0 Å². The average molecular weight is 226 g/mol. The molecule has 2 saturated heterocycles. The number of carbonyl (C=O) groups excluding carboxylic acids is 2. The SMILES string of the molecule is CCN1CC(=O)N(CC2(C)CCCO2)C1=O. The molecule has 0 bridgehead atoms. The average Bonchev–Trinajstić information content (AvgIpc) is 2.78. The highest BCUT2D eigenvalue weighted by atomic mass is 16.5. The maximum Gasteiger partial charge on any atom is 0.327 e. The number of urea groups is 1. The second-order valence-corrected chi connectivity index (χ2v) is 4.68. The first kappa shape index (κ1) is 11.4. The van der Waals surface area contributed by atoms with Gasteiger partial charge in [0.05, 0.1) is 12.1 Å². The summed E-state index contributed by atoms with van der Waals surface area (Å²) in [5, 5.41) is 0. The van der Waals surface area contributed by atoms with Crippen LogP contribution in [-0.4, -0.2) is 53.6 Å². The Morgan fingerprint density at radius 2 is 2.19 bits per heavy atom. The highest BCUT2D eigenvalue weighted by molar-refractivity contribution is 6.02. The lowest BCUT2D eigenvalue weighted by molar-refractivity contribution is -0.127. The highest BCUT2D eigenvalue weighted by Crippen LogP contribution is 2.27. The standard InChI is InChI=1S/C11H18N2O3/c1-3-12-7-9(14)13(10(12)15)8-11(2)5-4-6-16-11/h3-8H2,1-2H3. The van der Waals surface area contributed by atoms with E-state index in [2.05, 4.69) is 0 Å². The molecule has 2 rings (SSSR count). The van der Waals surface area contributed by atoms with Gasteiger partial charge in [-0.2, -0.15) is 0 Å². The number of hydrogen-bond donors (Lipinski definition) is 0. The van der Waals surface area contributed by atoms with Crippen molar-refractivity contribution >= 4 is 11.9 Å². The Hall–Kier alpha value is -1.10. The van der Waals surface area contributed by atoms with Crippen LogP contribution in [0.15, 0.2) is 0 Å². The van der Waals surface area contributed by atoms with Crippen LogP contribution in [0.4, 0.5) is 4.79 Å². The van der Waals surface area contributed by atoms with Crippen LogP contribution >= 0.6 is 0 Å². The van der Waals surface area contributed by atoms with Gasteiger partial charge in [-0.3, -0.25) is 9.69 Å². The molecule has 0 N–H and O–H groups in total. The quantitative estimate of drug-likeness (QED) is 0.670. The summed E-state index contributed by atoms with van der Waals surface area (Å²) in [6, 6.07) is -0.177. The molecule has 2 fully saturated rings. The summed E-state index contributed by atoms with van der Waals surface area (Å²) >= 11 is 0. The molecule has 5 nitrogen and oxygen atoms in total. The zero-order valence-electron chi connectivity index (χ0n) is 9.86. The summed E-state index contributed by atoms with van der Waals surface area (Å²) in [7, 11) is 0. The molecule has 0 aromatic carbocycles. The Kier molecular flexibility index (Phi) is 2.88.